The molecule has 1 amide bonds. The van der Waals surface area contributed by atoms with E-state index in [1.54, 1.807) is 0 Å². The summed E-state index contributed by atoms with van der Waals surface area (Å²) in [5.41, 5.74) is 4.91. The summed E-state index contributed by atoms with van der Waals surface area (Å²) in [4.78, 5) is 21.9. The molecule has 10 heteroatoms. The van der Waals surface area contributed by atoms with Crippen LogP contribution >= 0.6 is 27.5 Å². The largest absolute Gasteiger partial charge is 0.452 e. The third kappa shape index (κ3) is 5.27. The Morgan fingerprint density at radius 2 is 2.10 bits per heavy atom. The number of carbonyl (C=O) groups excluding carboxylic acids is 2. The molecule has 0 bridgehead atoms. The van der Waals surface area contributed by atoms with Gasteiger partial charge in [0.2, 0.25) is 10.0 Å². The van der Waals surface area contributed by atoms with Crippen LogP contribution in [0.25, 0.3) is 0 Å². The van der Waals surface area contributed by atoms with Gasteiger partial charge >= 0.3 is 5.97 Å². The smallest absolute Gasteiger partial charge is 0.321 e. The number of benzene rings is 1. The van der Waals surface area contributed by atoms with Crippen molar-refractivity contribution in [3.63, 3.8) is 0 Å². The first-order valence-corrected chi connectivity index (χ1v) is 8.22. The molecule has 0 aliphatic heterocycles. The zero-order chi connectivity index (χ0) is 16.2. The van der Waals surface area contributed by atoms with E-state index in [4.69, 9.17) is 17.3 Å². The molecule has 0 fully saturated rings. The van der Waals surface area contributed by atoms with Gasteiger partial charge in [0.1, 0.15) is 11.4 Å². The molecular weight excluding hydrogens is 388 g/mol. The Bertz CT molecular complexity index is 665. The first kappa shape index (κ1) is 17.9. The van der Waals surface area contributed by atoms with Crippen molar-refractivity contribution >= 4 is 49.4 Å². The Morgan fingerprint density at radius 1 is 1.48 bits per heavy atom. The number of nitrogens with one attached hydrogen (secondary N) is 1. The number of hydrogen-bond donors (Lipinski definition) is 2. The van der Waals surface area contributed by atoms with Gasteiger partial charge in [0.25, 0.3) is 5.91 Å². The van der Waals surface area contributed by atoms with Crippen LogP contribution in [0.4, 0.5) is 0 Å². The molecule has 1 atom stereocenters. The summed E-state index contributed by atoms with van der Waals surface area (Å²) in [7, 11) is -3.98. The van der Waals surface area contributed by atoms with E-state index in [1.807, 2.05) is 4.72 Å². The average Bonchev–Trinajstić information content (AvgIpc) is 2.35. The normalized spacial score (nSPS) is 12.7. The lowest BCUT2D eigenvalue weighted by molar-refractivity contribution is -0.152. The van der Waals surface area contributed by atoms with Crippen LogP contribution in [0.5, 0.6) is 0 Å². The molecule has 0 unspecified atom stereocenters. The fraction of sp³-hybridized carbons (Fsp3) is 0.273. The van der Waals surface area contributed by atoms with E-state index in [2.05, 4.69) is 20.7 Å². The molecule has 0 saturated heterocycles. The summed E-state index contributed by atoms with van der Waals surface area (Å²) in [5, 5.41) is -0.00394. The van der Waals surface area contributed by atoms with E-state index in [-0.39, 0.29) is 9.92 Å². The van der Waals surface area contributed by atoms with Crippen LogP contribution in [0.3, 0.4) is 0 Å². The lowest BCUT2D eigenvalue weighted by atomic mass is 10.4. The molecule has 0 aliphatic rings. The molecule has 0 radical (unpaired) electrons. The number of ether oxygens (including phenoxy) is 1. The van der Waals surface area contributed by atoms with Crippen molar-refractivity contribution in [2.45, 2.75) is 17.9 Å². The second-order valence-electron chi connectivity index (χ2n) is 3.93. The Morgan fingerprint density at radius 3 is 2.62 bits per heavy atom. The standard InChI is InChI=1S/C11H12BrClN2O5S/c1-6(11(14)17)20-10(16)5-15-21(18,19)9-3-2-7(12)4-8(9)13/h2-4,6,15H,5H2,1H3,(H2,14,17)/t6-/m1/s1. The topological polar surface area (TPSA) is 116 Å². The monoisotopic (exact) mass is 398 g/mol. The van der Waals surface area contributed by atoms with Gasteiger partial charge in [0, 0.05) is 4.47 Å². The molecule has 1 aromatic rings. The maximum atomic E-state index is 12.0. The molecular formula is C11H12BrClN2O5S. The van der Waals surface area contributed by atoms with Crippen LogP contribution in [0.15, 0.2) is 27.6 Å². The van der Waals surface area contributed by atoms with E-state index in [9.17, 15) is 18.0 Å². The van der Waals surface area contributed by atoms with Gasteiger partial charge in [0.15, 0.2) is 6.10 Å². The maximum absolute atomic E-state index is 12.0. The van der Waals surface area contributed by atoms with Crippen molar-refractivity contribution in [1.82, 2.24) is 4.72 Å². The molecule has 116 valence electrons. The number of esters is 1. The molecule has 3 N–H and O–H groups in total. The number of hydrogen-bond acceptors (Lipinski definition) is 5. The minimum atomic E-state index is -3.98. The predicted octanol–water partition coefficient (Wildman–Crippen LogP) is 0.798. The van der Waals surface area contributed by atoms with Gasteiger partial charge < -0.3 is 10.5 Å². The highest BCUT2D eigenvalue weighted by Crippen LogP contribution is 2.24. The Balaban J connectivity index is 2.73. The highest BCUT2D eigenvalue weighted by molar-refractivity contribution is 9.10. The minimum absolute atomic E-state index is 0.00394. The van der Waals surface area contributed by atoms with Crippen molar-refractivity contribution in [2.75, 3.05) is 6.54 Å². The van der Waals surface area contributed by atoms with Crippen LogP contribution in [-0.2, 0) is 24.3 Å². The molecule has 1 aromatic carbocycles. The fourth-order valence-electron chi connectivity index (χ4n) is 1.22. The maximum Gasteiger partial charge on any atom is 0.321 e. The fourth-order valence-corrected chi connectivity index (χ4v) is 3.23. The van der Waals surface area contributed by atoms with Crippen LogP contribution < -0.4 is 10.5 Å². The molecule has 21 heavy (non-hydrogen) atoms. The lowest BCUT2D eigenvalue weighted by Crippen LogP contribution is -2.36. The van der Waals surface area contributed by atoms with E-state index in [0.717, 1.165) is 0 Å². The second kappa shape index (κ2) is 7.21. The van der Waals surface area contributed by atoms with Gasteiger partial charge in [-0.1, -0.05) is 27.5 Å². The summed E-state index contributed by atoms with van der Waals surface area (Å²) < 4.78 is 31.2. The highest BCUT2D eigenvalue weighted by Gasteiger charge is 2.21. The number of halogens is 2. The Hall–Kier alpha value is -1.16. The van der Waals surface area contributed by atoms with Gasteiger partial charge in [-0.15, -0.1) is 0 Å². The molecule has 0 saturated carbocycles. The van der Waals surface area contributed by atoms with Crippen LogP contribution in [0.2, 0.25) is 5.02 Å². The average molecular weight is 400 g/mol. The van der Waals surface area contributed by atoms with Crippen LogP contribution in [0.1, 0.15) is 6.92 Å². The number of rotatable bonds is 6. The predicted molar refractivity (Wildman–Crippen MR) is 79.1 cm³/mol. The van der Waals surface area contributed by atoms with E-state index in [1.165, 1.54) is 25.1 Å². The van der Waals surface area contributed by atoms with Crippen LogP contribution in [0, 0.1) is 0 Å². The quantitative estimate of drug-likeness (QED) is 0.686. The van der Waals surface area contributed by atoms with Crippen LogP contribution in [-0.4, -0.2) is 32.9 Å². The zero-order valence-corrected chi connectivity index (χ0v) is 14.0. The first-order chi connectivity index (χ1) is 9.63. The van der Waals surface area contributed by atoms with Crippen molar-refractivity contribution in [1.29, 1.82) is 0 Å². The summed E-state index contributed by atoms with van der Waals surface area (Å²) in [5.74, 6) is -1.76. The summed E-state index contributed by atoms with van der Waals surface area (Å²) in [6.07, 6.45) is -1.14. The zero-order valence-electron chi connectivity index (χ0n) is 10.8. The van der Waals surface area contributed by atoms with E-state index in [0.29, 0.717) is 4.47 Å². The lowest BCUT2D eigenvalue weighted by Gasteiger charge is -2.11. The summed E-state index contributed by atoms with van der Waals surface area (Å²) in [6, 6.07) is 4.18. The minimum Gasteiger partial charge on any atom is -0.452 e. The van der Waals surface area contributed by atoms with Gasteiger partial charge in [0.05, 0.1) is 5.02 Å². The third-order valence-corrected chi connectivity index (χ3v) is 4.68. The van der Waals surface area contributed by atoms with E-state index < -0.39 is 34.5 Å². The van der Waals surface area contributed by atoms with Crippen molar-refractivity contribution in [3.05, 3.63) is 27.7 Å². The molecule has 1 rings (SSSR count). The summed E-state index contributed by atoms with van der Waals surface area (Å²) >= 11 is 8.98. The molecule has 0 spiro atoms. The number of nitrogens with two attached hydrogens (primary N) is 1. The van der Waals surface area contributed by atoms with Gasteiger partial charge in [-0.2, -0.15) is 4.72 Å². The van der Waals surface area contributed by atoms with E-state index >= 15 is 0 Å². The molecule has 0 aliphatic carbocycles. The van der Waals surface area contributed by atoms with Crippen molar-refractivity contribution < 1.29 is 22.7 Å². The van der Waals surface area contributed by atoms with Gasteiger partial charge in [-0.3, -0.25) is 9.59 Å². The Kier molecular flexibility index (Phi) is 6.14. The number of amides is 1. The third-order valence-electron chi connectivity index (χ3n) is 2.30. The summed E-state index contributed by atoms with van der Waals surface area (Å²) in [6.45, 7) is 0.632. The van der Waals surface area contributed by atoms with Crippen molar-refractivity contribution in [2.24, 2.45) is 5.73 Å². The number of sulfonamides is 1. The van der Waals surface area contributed by atoms with Gasteiger partial charge in [-0.05, 0) is 25.1 Å². The first-order valence-electron chi connectivity index (χ1n) is 5.57. The van der Waals surface area contributed by atoms with Gasteiger partial charge in [-0.25, -0.2) is 8.42 Å². The molecule has 7 nitrogen and oxygen atoms in total. The number of carbonyl (C=O) groups is 2. The Labute approximate surface area is 135 Å². The van der Waals surface area contributed by atoms with Crippen molar-refractivity contribution in [3.8, 4) is 0 Å². The SMILES string of the molecule is C[C@@H](OC(=O)CNS(=O)(=O)c1ccc(Br)cc1Cl)C(N)=O. The number of primary amides is 1. The molecule has 0 heterocycles. The molecule has 0 aromatic heterocycles. The second-order valence-corrected chi connectivity index (χ2v) is 6.99. The highest BCUT2D eigenvalue weighted by atomic mass is 79.9.